The Morgan fingerprint density at radius 3 is 2.46 bits per heavy atom. The summed E-state index contributed by atoms with van der Waals surface area (Å²) in [5, 5.41) is 18.1. The standard InChI is InChI=1S/C30H39N5O6/c1-16(2)26-28(38)31-17(3)29(39)35-14-6-7-24(34-35)30(40)41-19(5)23-13-11-21-10-8-20(15-25(21)32-23)9-12-22(18(4)36)27(37)33-26/h8-13,15-19,22,24,26,34,36H,6-7,14H2,1-5H3,(H,31,38)(H,33,37)/b12-9+/t17-,18+,19+,22?,24-,26-/m0/s1. The van der Waals surface area contributed by atoms with Crippen LogP contribution in [0.3, 0.4) is 0 Å². The van der Waals surface area contributed by atoms with Crippen molar-refractivity contribution in [3.05, 3.63) is 47.7 Å². The van der Waals surface area contributed by atoms with Crippen LogP contribution in [0.4, 0.5) is 0 Å². The number of hydrazine groups is 1. The van der Waals surface area contributed by atoms with Gasteiger partial charge in [0.05, 0.1) is 23.2 Å². The van der Waals surface area contributed by atoms with E-state index in [1.165, 1.54) is 11.9 Å². The number of amides is 3. The molecule has 2 aliphatic heterocycles. The summed E-state index contributed by atoms with van der Waals surface area (Å²) in [5.74, 6) is -3.17. The number of nitrogens with one attached hydrogen (secondary N) is 3. The lowest BCUT2D eigenvalue weighted by atomic mass is 9.97. The molecule has 1 aromatic heterocycles. The van der Waals surface area contributed by atoms with Crippen LogP contribution in [0.2, 0.25) is 0 Å². The highest BCUT2D eigenvalue weighted by molar-refractivity contribution is 5.93. The maximum Gasteiger partial charge on any atom is 0.325 e. The van der Waals surface area contributed by atoms with Gasteiger partial charge in [0.15, 0.2) is 0 Å². The highest BCUT2D eigenvalue weighted by Crippen LogP contribution is 2.23. The monoisotopic (exact) mass is 565 g/mol. The van der Waals surface area contributed by atoms with Crippen molar-refractivity contribution in [2.45, 2.75) is 77.8 Å². The minimum absolute atomic E-state index is 0.295. The molecule has 1 fully saturated rings. The lowest BCUT2D eigenvalue weighted by molar-refractivity contribution is -0.157. The van der Waals surface area contributed by atoms with Gasteiger partial charge in [0.1, 0.15) is 24.2 Å². The summed E-state index contributed by atoms with van der Waals surface area (Å²) in [6.45, 7) is 8.73. The van der Waals surface area contributed by atoms with Gasteiger partial charge >= 0.3 is 5.97 Å². The van der Waals surface area contributed by atoms with E-state index in [0.29, 0.717) is 30.6 Å². The predicted octanol–water partition coefficient (Wildman–Crippen LogP) is 2.00. The molecule has 11 nitrogen and oxygen atoms in total. The number of aliphatic hydroxyl groups is 1. The van der Waals surface area contributed by atoms with Gasteiger partial charge in [-0.1, -0.05) is 44.2 Å². The summed E-state index contributed by atoms with van der Waals surface area (Å²) in [5.41, 5.74) is 4.95. The fourth-order valence-electron chi connectivity index (χ4n) is 4.98. The second-order valence-electron chi connectivity index (χ2n) is 11.2. The summed E-state index contributed by atoms with van der Waals surface area (Å²) in [6, 6.07) is 6.72. The molecule has 5 bridgehead atoms. The number of hydrogen-bond donors (Lipinski definition) is 4. The maximum absolute atomic E-state index is 13.3. The van der Waals surface area contributed by atoms with Gasteiger partial charge in [-0.25, -0.2) is 10.4 Å². The minimum atomic E-state index is -1.02. The van der Waals surface area contributed by atoms with E-state index in [-0.39, 0.29) is 5.92 Å². The number of carbonyl (C=O) groups excluding carboxylic acids is 4. The molecule has 0 radical (unpaired) electrons. The van der Waals surface area contributed by atoms with Gasteiger partial charge in [0.25, 0.3) is 5.91 Å². The van der Waals surface area contributed by atoms with Crippen molar-refractivity contribution in [2.24, 2.45) is 11.8 Å². The van der Waals surface area contributed by atoms with Crippen LogP contribution < -0.4 is 16.1 Å². The third-order valence-corrected chi connectivity index (χ3v) is 7.48. The van der Waals surface area contributed by atoms with Gasteiger partial charge in [-0.2, -0.15) is 0 Å². The molecule has 1 unspecified atom stereocenters. The molecule has 1 saturated heterocycles. The number of fused-ring (bicyclic) bond motifs is 4. The Morgan fingerprint density at radius 2 is 1.76 bits per heavy atom. The van der Waals surface area contributed by atoms with Crippen LogP contribution in [0.25, 0.3) is 17.0 Å². The first-order chi connectivity index (χ1) is 19.4. The quantitative estimate of drug-likeness (QED) is 0.404. The summed E-state index contributed by atoms with van der Waals surface area (Å²) >= 11 is 0. The molecule has 0 aliphatic carbocycles. The number of esters is 1. The molecule has 1 aromatic carbocycles. The molecule has 3 amide bonds. The van der Waals surface area contributed by atoms with E-state index >= 15 is 0 Å². The van der Waals surface area contributed by atoms with E-state index in [2.05, 4.69) is 16.1 Å². The topological polar surface area (TPSA) is 150 Å². The second kappa shape index (κ2) is 12.8. The average Bonchev–Trinajstić information content (AvgIpc) is 2.94. The van der Waals surface area contributed by atoms with Crippen molar-refractivity contribution in [3.63, 3.8) is 0 Å². The molecule has 0 saturated carbocycles. The minimum Gasteiger partial charge on any atom is -0.455 e. The Kier molecular flexibility index (Phi) is 9.39. The normalized spacial score (nSPS) is 28.2. The van der Waals surface area contributed by atoms with E-state index in [4.69, 9.17) is 9.72 Å². The molecule has 11 heteroatoms. The first-order valence-electron chi connectivity index (χ1n) is 14.1. The molecule has 4 rings (SSSR count). The van der Waals surface area contributed by atoms with Gasteiger partial charge in [-0.15, -0.1) is 0 Å². The Balaban J connectivity index is 1.71. The van der Waals surface area contributed by atoms with Gasteiger partial charge in [0, 0.05) is 11.9 Å². The number of ether oxygens (including phenoxy) is 1. The fraction of sp³-hybridized carbons (Fsp3) is 0.500. The predicted molar refractivity (Wildman–Crippen MR) is 153 cm³/mol. The van der Waals surface area contributed by atoms with E-state index < -0.39 is 59.9 Å². The number of aromatic nitrogens is 1. The van der Waals surface area contributed by atoms with Crippen molar-refractivity contribution in [1.29, 1.82) is 0 Å². The van der Waals surface area contributed by atoms with Crippen LogP contribution in [0.1, 0.15) is 64.8 Å². The van der Waals surface area contributed by atoms with Crippen LogP contribution in [-0.4, -0.2) is 69.6 Å². The van der Waals surface area contributed by atoms with Crippen molar-refractivity contribution < 1.29 is 29.0 Å². The zero-order valence-corrected chi connectivity index (χ0v) is 24.1. The number of rotatable bonds is 2. The van der Waals surface area contributed by atoms with E-state index in [9.17, 15) is 24.3 Å². The highest BCUT2D eigenvalue weighted by atomic mass is 16.5. The zero-order chi connectivity index (χ0) is 29.8. The van der Waals surface area contributed by atoms with Crippen LogP contribution in [0, 0.1) is 11.8 Å². The molecule has 41 heavy (non-hydrogen) atoms. The molecular formula is C30H39N5O6. The number of nitrogens with zero attached hydrogens (tertiary/aromatic N) is 2. The molecular weight excluding hydrogens is 526 g/mol. The third-order valence-electron chi connectivity index (χ3n) is 7.48. The Morgan fingerprint density at radius 1 is 1.02 bits per heavy atom. The Labute approximate surface area is 239 Å². The lowest BCUT2D eigenvalue weighted by Crippen LogP contribution is -2.61. The molecule has 4 N–H and O–H groups in total. The van der Waals surface area contributed by atoms with Crippen molar-refractivity contribution >= 4 is 40.7 Å². The van der Waals surface area contributed by atoms with E-state index in [1.54, 1.807) is 45.9 Å². The van der Waals surface area contributed by atoms with E-state index in [1.807, 2.05) is 24.3 Å². The smallest absolute Gasteiger partial charge is 0.325 e. The van der Waals surface area contributed by atoms with Gasteiger partial charge < -0.3 is 20.5 Å². The molecule has 2 aliphatic rings. The average molecular weight is 566 g/mol. The van der Waals surface area contributed by atoms with Crippen molar-refractivity contribution in [1.82, 2.24) is 26.1 Å². The third kappa shape index (κ3) is 7.09. The van der Waals surface area contributed by atoms with Gasteiger partial charge in [-0.3, -0.25) is 24.2 Å². The molecule has 2 aromatic rings. The molecule has 3 heterocycles. The largest absolute Gasteiger partial charge is 0.455 e. The number of pyridine rings is 1. The Bertz CT molecular complexity index is 1340. The number of cyclic esters (lactones) is 1. The molecule has 6 atom stereocenters. The number of benzene rings is 1. The molecule has 0 spiro atoms. The fourth-order valence-corrected chi connectivity index (χ4v) is 4.98. The lowest BCUT2D eigenvalue weighted by Gasteiger charge is -2.35. The highest BCUT2D eigenvalue weighted by Gasteiger charge is 2.34. The van der Waals surface area contributed by atoms with E-state index in [0.717, 1.165) is 10.9 Å². The second-order valence-corrected chi connectivity index (χ2v) is 11.2. The Hall–Kier alpha value is -3.83. The van der Waals surface area contributed by atoms with Gasteiger partial charge in [0.2, 0.25) is 11.8 Å². The SMILES string of the molecule is CC(C)[C@@H]1NC(=O)C([C@@H](C)O)/C=C/c2ccc3ccc(nc3c2)[C@@H](C)OC(=O)[C@@H]2CCCN(N2)C(=O)[C@H](C)NC1=O. The summed E-state index contributed by atoms with van der Waals surface area (Å²) in [4.78, 5) is 57.4. The van der Waals surface area contributed by atoms with Crippen LogP contribution >= 0.6 is 0 Å². The van der Waals surface area contributed by atoms with Crippen LogP contribution in [0.15, 0.2) is 36.4 Å². The van der Waals surface area contributed by atoms with Crippen LogP contribution in [-0.2, 0) is 23.9 Å². The van der Waals surface area contributed by atoms with Gasteiger partial charge in [-0.05, 0) is 57.2 Å². The van der Waals surface area contributed by atoms with Crippen LogP contribution in [0.5, 0.6) is 0 Å². The van der Waals surface area contributed by atoms with Crippen molar-refractivity contribution in [2.75, 3.05) is 6.54 Å². The summed E-state index contributed by atoms with van der Waals surface area (Å²) in [6.07, 6.45) is 2.72. The number of carbonyl (C=O) groups is 4. The number of aliphatic hydroxyl groups excluding tert-OH is 1. The first kappa shape index (κ1) is 30.1. The first-order valence-corrected chi connectivity index (χ1v) is 14.1. The molecule has 220 valence electrons. The maximum atomic E-state index is 13.3. The van der Waals surface area contributed by atoms with Crippen molar-refractivity contribution in [3.8, 4) is 0 Å². The number of hydrogen-bond acceptors (Lipinski definition) is 8. The summed E-state index contributed by atoms with van der Waals surface area (Å²) in [7, 11) is 0. The zero-order valence-electron chi connectivity index (χ0n) is 24.1. The summed E-state index contributed by atoms with van der Waals surface area (Å²) < 4.78 is 5.73.